The zero-order chi connectivity index (χ0) is 25.6. The van der Waals surface area contributed by atoms with E-state index in [4.69, 9.17) is 0 Å². The van der Waals surface area contributed by atoms with Crippen molar-refractivity contribution in [2.24, 2.45) is 23.7 Å². The minimum absolute atomic E-state index is 0.0611. The minimum Gasteiger partial charge on any atom is -0.353 e. The second kappa shape index (κ2) is 13.2. The summed E-state index contributed by atoms with van der Waals surface area (Å²) in [7, 11) is 0. The molecule has 37 heavy (non-hydrogen) atoms. The third kappa shape index (κ3) is 7.23. The Morgan fingerprint density at radius 2 is 1.89 bits per heavy atom. The number of nitriles is 1. The largest absolute Gasteiger partial charge is 0.353 e. The Kier molecular flexibility index (Phi) is 9.73. The van der Waals surface area contributed by atoms with Crippen LogP contribution >= 0.6 is 0 Å². The highest BCUT2D eigenvalue weighted by atomic mass is 16.2. The lowest BCUT2D eigenvalue weighted by molar-refractivity contribution is -0.128. The lowest BCUT2D eigenvalue weighted by Crippen LogP contribution is -2.66. The van der Waals surface area contributed by atoms with Crippen LogP contribution in [0.25, 0.3) is 0 Å². The molecule has 0 aromatic heterocycles. The number of carbonyl (C=O) groups is 1. The highest BCUT2D eigenvalue weighted by Crippen LogP contribution is 2.28. The Hall–Kier alpha value is -1.28. The first-order chi connectivity index (χ1) is 18.1. The van der Waals surface area contributed by atoms with Gasteiger partial charge >= 0.3 is 0 Å². The molecule has 9 atom stereocenters. The maximum Gasteiger partial charge on any atom is 0.223 e. The summed E-state index contributed by atoms with van der Waals surface area (Å²) in [6.07, 6.45) is 11.2. The summed E-state index contributed by atoms with van der Waals surface area (Å²) < 4.78 is 0. The highest BCUT2D eigenvalue weighted by Gasteiger charge is 2.36. The second-order valence-electron chi connectivity index (χ2n) is 12.5. The lowest BCUT2D eigenvalue weighted by atomic mass is 9.82. The summed E-state index contributed by atoms with van der Waals surface area (Å²) in [6.45, 7) is 8.43. The van der Waals surface area contributed by atoms with Crippen LogP contribution in [0.2, 0.25) is 0 Å². The third-order valence-electron chi connectivity index (χ3n) is 9.84. The van der Waals surface area contributed by atoms with Gasteiger partial charge in [0.15, 0.2) is 0 Å². The van der Waals surface area contributed by atoms with Crippen molar-refractivity contribution < 1.29 is 4.79 Å². The molecule has 1 saturated carbocycles. The monoisotopic (exact) mass is 514 g/mol. The van der Waals surface area contributed by atoms with Crippen LogP contribution in [0.3, 0.4) is 0 Å². The van der Waals surface area contributed by atoms with E-state index < -0.39 is 0 Å². The molecule has 0 bridgehead atoms. The van der Waals surface area contributed by atoms with Crippen LogP contribution in [0.4, 0.5) is 0 Å². The number of nitrogens with zero attached hydrogens (tertiary/aromatic N) is 2. The van der Waals surface area contributed by atoms with Gasteiger partial charge in [0, 0.05) is 30.6 Å². The Morgan fingerprint density at radius 1 is 1.00 bits per heavy atom. The van der Waals surface area contributed by atoms with Crippen molar-refractivity contribution in [3.63, 3.8) is 0 Å². The van der Waals surface area contributed by atoms with Gasteiger partial charge in [0.1, 0.15) is 6.29 Å². The van der Waals surface area contributed by atoms with Crippen molar-refractivity contribution in [2.45, 2.75) is 102 Å². The third-order valence-corrected chi connectivity index (χ3v) is 9.84. The van der Waals surface area contributed by atoms with Crippen molar-refractivity contribution in [1.29, 1.82) is 5.26 Å². The normalized spacial score (nSPS) is 42.0. The van der Waals surface area contributed by atoms with Crippen LogP contribution in [0.1, 0.15) is 71.1 Å². The average molecular weight is 515 g/mol. The molecule has 9 heteroatoms. The number of piperidine rings is 3. The van der Waals surface area contributed by atoms with Crippen LogP contribution < -0.4 is 31.9 Å². The molecular formula is C28H50N8O. The van der Waals surface area contributed by atoms with Crippen LogP contribution in [0.15, 0.2) is 0 Å². The van der Waals surface area contributed by atoms with Gasteiger partial charge in [-0.2, -0.15) is 5.26 Å². The quantitative estimate of drug-likeness (QED) is 0.312. The van der Waals surface area contributed by atoms with Crippen molar-refractivity contribution in [2.75, 3.05) is 39.3 Å². The molecule has 0 radical (unpaired) electrons. The predicted octanol–water partition coefficient (Wildman–Crippen LogP) is 1.05. The van der Waals surface area contributed by atoms with Crippen LogP contribution in [0, 0.1) is 35.0 Å². The Morgan fingerprint density at radius 3 is 2.73 bits per heavy atom. The number of nitrogens with one attached hydrogen (secondary N) is 6. The van der Waals surface area contributed by atoms with Gasteiger partial charge < -0.3 is 16.0 Å². The number of amides is 1. The number of rotatable bonds is 6. The van der Waals surface area contributed by atoms with Crippen molar-refractivity contribution in [1.82, 2.24) is 36.8 Å². The molecule has 1 aliphatic carbocycles. The first-order valence-electron chi connectivity index (χ1n) is 15.2. The second-order valence-corrected chi connectivity index (χ2v) is 12.5. The molecule has 4 aliphatic heterocycles. The number of carbonyl (C=O) groups excluding carboxylic acids is 1. The van der Waals surface area contributed by atoms with Crippen LogP contribution in [-0.4, -0.2) is 80.7 Å². The number of hydrogen-bond donors (Lipinski definition) is 6. The maximum absolute atomic E-state index is 13.4. The maximum atomic E-state index is 13.4. The molecule has 9 unspecified atom stereocenters. The van der Waals surface area contributed by atoms with Gasteiger partial charge in [0.05, 0.1) is 18.2 Å². The summed E-state index contributed by atoms with van der Waals surface area (Å²) in [5.74, 6) is 1.74. The van der Waals surface area contributed by atoms with E-state index in [1.807, 2.05) is 0 Å². The van der Waals surface area contributed by atoms with Gasteiger partial charge in [-0.3, -0.25) is 25.6 Å². The van der Waals surface area contributed by atoms with Crippen LogP contribution in [0.5, 0.6) is 0 Å². The fourth-order valence-corrected chi connectivity index (χ4v) is 7.47. The first kappa shape index (κ1) is 27.3. The van der Waals surface area contributed by atoms with Gasteiger partial charge in [-0.15, -0.1) is 0 Å². The van der Waals surface area contributed by atoms with Crippen molar-refractivity contribution in [3.8, 4) is 6.07 Å². The molecule has 5 aliphatic rings. The van der Waals surface area contributed by atoms with E-state index in [2.05, 4.69) is 49.8 Å². The lowest BCUT2D eigenvalue weighted by Gasteiger charge is -2.43. The van der Waals surface area contributed by atoms with Crippen molar-refractivity contribution >= 4 is 5.91 Å². The van der Waals surface area contributed by atoms with E-state index in [9.17, 15) is 10.1 Å². The number of likely N-dealkylation sites (tertiary alicyclic amines) is 1. The van der Waals surface area contributed by atoms with Gasteiger partial charge in [-0.05, 0) is 109 Å². The Balaban J connectivity index is 1.10. The van der Waals surface area contributed by atoms with E-state index in [-0.39, 0.29) is 36.2 Å². The summed E-state index contributed by atoms with van der Waals surface area (Å²) in [5, 5.41) is 31.4. The van der Waals surface area contributed by atoms with Gasteiger partial charge in [-0.1, -0.05) is 6.92 Å². The molecular weight excluding hydrogens is 464 g/mol. The summed E-state index contributed by atoms with van der Waals surface area (Å²) in [6, 6.07) is 3.65. The molecule has 1 amide bonds. The standard InChI is InChI=1S/C28H50N8O/c1-19-6-7-23(15-25(19)35-28-32-12-9-24(34-28)22-5-2-10-30-17-22)33-27(37)21-8-11-31-26(14-21)36-13-3-4-20(16-29)18-36/h19-26,28,30-32,34-35H,2-15,17-18H2,1H3,(H,33,37). The molecule has 208 valence electrons. The Labute approximate surface area is 223 Å². The molecule has 0 aromatic rings. The summed E-state index contributed by atoms with van der Waals surface area (Å²) >= 11 is 0. The molecule has 6 N–H and O–H groups in total. The fourth-order valence-electron chi connectivity index (χ4n) is 7.47. The zero-order valence-electron chi connectivity index (χ0n) is 22.8. The van der Waals surface area contributed by atoms with Crippen molar-refractivity contribution in [3.05, 3.63) is 0 Å². The Bertz CT molecular complexity index is 783. The molecule has 0 spiro atoms. The van der Waals surface area contributed by atoms with Gasteiger partial charge in [0.2, 0.25) is 5.91 Å². The highest BCUT2D eigenvalue weighted by molar-refractivity contribution is 5.79. The molecule has 5 fully saturated rings. The minimum atomic E-state index is 0.0611. The number of hydrogen-bond acceptors (Lipinski definition) is 8. The van der Waals surface area contributed by atoms with E-state index in [0.717, 1.165) is 90.1 Å². The molecule has 5 rings (SSSR count). The SMILES string of the molecule is CC1CCC(NC(=O)C2CCNC(N3CCCC(C#N)C3)C2)CC1NC1NCCC(C2CCCNC2)N1. The van der Waals surface area contributed by atoms with Gasteiger partial charge in [0.25, 0.3) is 0 Å². The smallest absolute Gasteiger partial charge is 0.223 e. The van der Waals surface area contributed by atoms with E-state index in [1.165, 1.54) is 19.3 Å². The van der Waals surface area contributed by atoms with E-state index >= 15 is 0 Å². The average Bonchev–Trinajstić information content (AvgIpc) is 2.95. The fraction of sp³-hybridized carbons (Fsp3) is 0.929. The topological polar surface area (TPSA) is 116 Å². The summed E-state index contributed by atoms with van der Waals surface area (Å²) in [5.41, 5.74) is 0. The molecule has 0 aromatic carbocycles. The molecule has 9 nitrogen and oxygen atoms in total. The van der Waals surface area contributed by atoms with Gasteiger partial charge in [-0.25, -0.2) is 0 Å². The van der Waals surface area contributed by atoms with E-state index in [0.29, 0.717) is 18.0 Å². The zero-order valence-corrected chi connectivity index (χ0v) is 22.8. The van der Waals surface area contributed by atoms with E-state index in [1.54, 1.807) is 0 Å². The van der Waals surface area contributed by atoms with Crippen LogP contribution in [-0.2, 0) is 4.79 Å². The molecule has 4 saturated heterocycles. The predicted molar refractivity (Wildman–Crippen MR) is 145 cm³/mol. The molecule has 4 heterocycles. The summed E-state index contributed by atoms with van der Waals surface area (Å²) in [4.78, 5) is 15.8. The first-order valence-corrected chi connectivity index (χ1v) is 15.2.